The van der Waals surface area contributed by atoms with Crippen LogP contribution in [0.4, 0.5) is 0 Å². The van der Waals surface area contributed by atoms with Gasteiger partial charge in [-0.15, -0.1) is 0 Å². The SMILES string of the molecule is COc1cccc(C(=O)N(Cc2ccccc2)Cc2cc3cc(OC)ccc3[nH]c2=O)c1. The van der Waals surface area contributed by atoms with E-state index in [0.717, 1.165) is 10.9 Å². The summed E-state index contributed by atoms with van der Waals surface area (Å²) in [6.07, 6.45) is 0. The lowest BCUT2D eigenvalue weighted by Gasteiger charge is -2.23. The first-order chi connectivity index (χ1) is 15.6. The molecule has 1 aromatic heterocycles. The van der Waals surface area contributed by atoms with Gasteiger partial charge in [-0.25, -0.2) is 0 Å². The van der Waals surface area contributed by atoms with Gasteiger partial charge < -0.3 is 19.4 Å². The van der Waals surface area contributed by atoms with Crippen molar-refractivity contribution < 1.29 is 14.3 Å². The fourth-order valence-electron chi connectivity index (χ4n) is 3.62. The number of fused-ring (bicyclic) bond motifs is 1. The molecule has 6 nitrogen and oxygen atoms in total. The van der Waals surface area contributed by atoms with E-state index in [9.17, 15) is 9.59 Å². The standard InChI is InChI=1S/C26H24N2O4/c1-31-22-10-6-9-19(14-22)26(30)28(16-18-7-4-3-5-8-18)17-21-13-20-15-23(32-2)11-12-24(20)27-25(21)29/h3-15H,16-17H2,1-2H3,(H,27,29). The van der Waals surface area contributed by atoms with Gasteiger partial charge in [-0.05, 0) is 48.0 Å². The van der Waals surface area contributed by atoms with Crippen molar-refractivity contribution >= 4 is 16.8 Å². The van der Waals surface area contributed by atoms with Crippen molar-refractivity contribution in [2.75, 3.05) is 14.2 Å². The highest BCUT2D eigenvalue weighted by atomic mass is 16.5. The Bertz CT molecular complexity index is 1300. The molecule has 0 unspecified atom stereocenters. The molecule has 0 atom stereocenters. The van der Waals surface area contributed by atoms with E-state index >= 15 is 0 Å². The molecule has 1 N–H and O–H groups in total. The number of carbonyl (C=O) groups excluding carboxylic acids is 1. The Hall–Kier alpha value is -4.06. The lowest BCUT2D eigenvalue weighted by molar-refractivity contribution is 0.0729. The van der Waals surface area contributed by atoms with Crippen LogP contribution >= 0.6 is 0 Å². The largest absolute Gasteiger partial charge is 0.497 e. The molecular weight excluding hydrogens is 404 g/mol. The topological polar surface area (TPSA) is 71.6 Å². The number of aromatic nitrogens is 1. The second-order valence-electron chi connectivity index (χ2n) is 7.46. The van der Waals surface area contributed by atoms with E-state index in [0.29, 0.717) is 34.7 Å². The van der Waals surface area contributed by atoms with E-state index in [1.165, 1.54) is 0 Å². The first-order valence-electron chi connectivity index (χ1n) is 10.2. The zero-order chi connectivity index (χ0) is 22.5. The predicted octanol–water partition coefficient (Wildman–Crippen LogP) is 4.39. The Morgan fingerprint density at radius 1 is 0.844 bits per heavy atom. The summed E-state index contributed by atoms with van der Waals surface area (Å²) in [6.45, 7) is 0.528. The van der Waals surface area contributed by atoms with Crippen LogP contribution in [-0.2, 0) is 13.1 Å². The Morgan fingerprint density at radius 2 is 1.59 bits per heavy atom. The highest BCUT2D eigenvalue weighted by Crippen LogP contribution is 2.21. The highest BCUT2D eigenvalue weighted by Gasteiger charge is 2.19. The monoisotopic (exact) mass is 428 g/mol. The molecule has 0 spiro atoms. The summed E-state index contributed by atoms with van der Waals surface area (Å²) >= 11 is 0. The molecule has 4 rings (SSSR count). The second-order valence-corrected chi connectivity index (χ2v) is 7.46. The van der Waals surface area contributed by atoms with Crippen LogP contribution in [0.25, 0.3) is 10.9 Å². The lowest BCUT2D eigenvalue weighted by Crippen LogP contribution is -2.32. The number of nitrogens with one attached hydrogen (secondary N) is 1. The fraction of sp³-hybridized carbons (Fsp3) is 0.154. The molecule has 0 bridgehead atoms. The van der Waals surface area contributed by atoms with Crippen molar-refractivity contribution in [2.45, 2.75) is 13.1 Å². The molecule has 6 heteroatoms. The average Bonchev–Trinajstić information content (AvgIpc) is 2.84. The van der Waals surface area contributed by atoms with Crippen molar-refractivity contribution in [3.63, 3.8) is 0 Å². The quantitative estimate of drug-likeness (QED) is 0.474. The number of pyridine rings is 1. The van der Waals surface area contributed by atoms with E-state index in [1.807, 2.05) is 48.5 Å². The van der Waals surface area contributed by atoms with Crippen LogP contribution < -0.4 is 15.0 Å². The normalized spacial score (nSPS) is 10.7. The van der Waals surface area contributed by atoms with Crippen LogP contribution in [0.2, 0.25) is 0 Å². The number of hydrogen-bond donors (Lipinski definition) is 1. The Balaban J connectivity index is 1.72. The van der Waals surface area contributed by atoms with Gasteiger partial charge in [0.05, 0.1) is 20.8 Å². The maximum absolute atomic E-state index is 13.4. The van der Waals surface area contributed by atoms with Gasteiger partial charge in [0.25, 0.3) is 11.5 Å². The fourth-order valence-corrected chi connectivity index (χ4v) is 3.62. The summed E-state index contributed by atoms with van der Waals surface area (Å²) in [5, 5.41) is 0.840. The number of amides is 1. The van der Waals surface area contributed by atoms with Gasteiger partial charge >= 0.3 is 0 Å². The van der Waals surface area contributed by atoms with Crippen LogP contribution in [0.5, 0.6) is 11.5 Å². The van der Waals surface area contributed by atoms with E-state index in [2.05, 4.69) is 4.98 Å². The number of hydrogen-bond acceptors (Lipinski definition) is 4. The molecule has 0 aliphatic rings. The van der Waals surface area contributed by atoms with Gasteiger partial charge in [-0.1, -0.05) is 36.4 Å². The Morgan fingerprint density at radius 3 is 2.34 bits per heavy atom. The van der Waals surface area contributed by atoms with Gasteiger partial charge in [-0.2, -0.15) is 0 Å². The summed E-state index contributed by atoms with van der Waals surface area (Å²) in [5.41, 5.74) is 2.46. The lowest BCUT2D eigenvalue weighted by atomic mass is 10.1. The first-order valence-corrected chi connectivity index (χ1v) is 10.2. The van der Waals surface area contributed by atoms with Gasteiger partial charge in [-0.3, -0.25) is 9.59 Å². The average molecular weight is 428 g/mol. The number of aromatic amines is 1. The third kappa shape index (κ3) is 4.64. The van der Waals surface area contributed by atoms with Gasteiger partial charge in [0.2, 0.25) is 0 Å². The number of H-pyrrole nitrogens is 1. The smallest absolute Gasteiger partial charge is 0.254 e. The van der Waals surface area contributed by atoms with Crippen molar-refractivity contribution in [1.29, 1.82) is 0 Å². The third-order valence-corrected chi connectivity index (χ3v) is 5.31. The van der Waals surface area contributed by atoms with Crippen LogP contribution in [-0.4, -0.2) is 30.0 Å². The summed E-state index contributed by atoms with van der Waals surface area (Å²) < 4.78 is 10.6. The summed E-state index contributed by atoms with van der Waals surface area (Å²) in [4.78, 5) is 30.8. The summed E-state index contributed by atoms with van der Waals surface area (Å²) in [7, 11) is 3.16. The molecular formula is C26H24N2O4. The van der Waals surface area contributed by atoms with E-state index < -0.39 is 0 Å². The van der Waals surface area contributed by atoms with E-state index in [4.69, 9.17) is 9.47 Å². The molecule has 0 saturated carbocycles. The molecule has 1 heterocycles. The minimum Gasteiger partial charge on any atom is -0.497 e. The van der Waals surface area contributed by atoms with Crippen LogP contribution in [0.3, 0.4) is 0 Å². The van der Waals surface area contributed by atoms with Gasteiger partial charge in [0, 0.05) is 28.6 Å². The second kappa shape index (κ2) is 9.39. The molecule has 0 saturated heterocycles. The zero-order valence-electron chi connectivity index (χ0n) is 18.0. The van der Waals surface area contributed by atoms with E-state index in [-0.39, 0.29) is 18.0 Å². The molecule has 0 aliphatic carbocycles. The van der Waals surface area contributed by atoms with Crippen LogP contribution in [0.15, 0.2) is 83.7 Å². The Kier molecular flexibility index (Phi) is 6.22. The molecule has 0 radical (unpaired) electrons. The maximum Gasteiger partial charge on any atom is 0.254 e. The molecule has 162 valence electrons. The number of ether oxygens (including phenoxy) is 2. The number of methoxy groups -OCH3 is 2. The van der Waals surface area contributed by atoms with Crippen molar-refractivity contribution in [3.05, 3.63) is 106 Å². The number of benzene rings is 3. The molecule has 1 amide bonds. The highest BCUT2D eigenvalue weighted by molar-refractivity contribution is 5.94. The number of carbonyl (C=O) groups is 1. The maximum atomic E-state index is 13.4. The van der Waals surface area contributed by atoms with Crippen molar-refractivity contribution in [1.82, 2.24) is 9.88 Å². The van der Waals surface area contributed by atoms with Gasteiger partial charge in [0.15, 0.2) is 0 Å². The van der Waals surface area contributed by atoms with Crippen molar-refractivity contribution in [3.8, 4) is 11.5 Å². The Labute approximate surface area is 186 Å². The number of rotatable bonds is 7. The molecule has 0 aliphatic heterocycles. The van der Waals surface area contributed by atoms with Crippen molar-refractivity contribution in [2.24, 2.45) is 0 Å². The van der Waals surface area contributed by atoms with Gasteiger partial charge in [0.1, 0.15) is 11.5 Å². The summed E-state index contributed by atoms with van der Waals surface area (Å²) in [6, 6.07) is 24.0. The zero-order valence-corrected chi connectivity index (χ0v) is 18.0. The summed E-state index contributed by atoms with van der Waals surface area (Å²) in [5.74, 6) is 1.12. The molecule has 3 aromatic carbocycles. The minimum atomic E-state index is -0.223. The molecule has 4 aromatic rings. The number of nitrogens with zero attached hydrogens (tertiary/aromatic N) is 1. The third-order valence-electron chi connectivity index (χ3n) is 5.31. The van der Waals surface area contributed by atoms with Crippen LogP contribution in [0.1, 0.15) is 21.5 Å². The minimum absolute atomic E-state index is 0.160. The van der Waals surface area contributed by atoms with E-state index in [1.54, 1.807) is 49.5 Å². The first kappa shape index (κ1) is 21.2. The molecule has 32 heavy (non-hydrogen) atoms. The molecule has 0 fully saturated rings. The van der Waals surface area contributed by atoms with Crippen LogP contribution in [0, 0.1) is 0 Å². The predicted molar refractivity (Wildman–Crippen MR) is 124 cm³/mol.